The van der Waals surface area contributed by atoms with E-state index in [-0.39, 0.29) is 0 Å². The van der Waals surface area contributed by atoms with Gasteiger partial charge in [0.05, 0.1) is 0 Å². The highest BCUT2D eigenvalue weighted by atomic mass is 15.0. The predicted octanol–water partition coefficient (Wildman–Crippen LogP) is 3.71. The smallest absolute Gasteiger partial charge is 0.0486 e. The Balaban J connectivity index is 2.34. The molecule has 0 aliphatic heterocycles. The van der Waals surface area contributed by atoms with Crippen molar-refractivity contribution in [2.24, 2.45) is 0 Å². The molecule has 0 amide bonds. The summed E-state index contributed by atoms with van der Waals surface area (Å²) in [6, 6.07) is 8.70. The Bertz CT molecular complexity index is 572. The van der Waals surface area contributed by atoms with Crippen LogP contribution in [-0.2, 0) is 13.0 Å². The van der Waals surface area contributed by atoms with Gasteiger partial charge in [-0.25, -0.2) is 0 Å². The van der Waals surface area contributed by atoms with Crippen LogP contribution in [0.2, 0.25) is 0 Å². The lowest BCUT2D eigenvalue weighted by molar-refractivity contribution is 0.414. The third-order valence-corrected chi connectivity index (χ3v) is 3.40. The van der Waals surface area contributed by atoms with Crippen LogP contribution < -0.4 is 0 Å². The molecule has 1 aromatic heterocycles. The van der Waals surface area contributed by atoms with Crippen LogP contribution in [0.4, 0.5) is 0 Å². The molecule has 102 valence electrons. The maximum atomic E-state index is 2.35. The normalized spacial score (nSPS) is 11.2. The van der Waals surface area contributed by atoms with Gasteiger partial charge in [-0.15, -0.1) is 0 Å². The summed E-state index contributed by atoms with van der Waals surface area (Å²) < 4.78 is 2.35. The van der Waals surface area contributed by atoms with Gasteiger partial charge in [-0.3, -0.25) is 0 Å². The van der Waals surface area contributed by atoms with Gasteiger partial charge in [-0.05, 0) is 46.0 Å². The molecule has 0 bridgehead atoms. The van der Waals surface area contributed by atoms with E-state index in [1.807, 2.05) is 0 Å². The minimum Gasteiger partial charge on any atom is -0.343 e. The molecular weight excluding hydrogens is 232 g/mol. The van der Waals surface area contributed by atoms with Crippen molar-refractivity contribution in [3.8, 4) is 0 Å². The molecule has 0 saturated heterocycles. The van der Waals surface area contributed by atoms with Gasteiger partial charge in [-0.1, -0.05) is 29.8 Å². The number of rotatable bonds is 5. The Labute approximate surface area is 116 Å². The summed E-state index contributed by atoms with van der Waals surface area (Å²) in [5, 5.41) is 1.39. The Morgan fingerprint density at radius 2 is 1.95 bits per heavy atom. The largest absolute Gasteiger partial charge is 0.343 e. The lowest BCUT2D eigenvalue weighted by Gasteiger charge is -2.07. The predicted molar refractivity (Wildman–Crippen MR) is 83.6 cm³/mol. The standard InChI is InChI=1S/C17H24N2/c1-14(2)9-12-19-13-15(10-11-18(3)4)16-7-5-6-8-17(16)19/h5-9,13H,10-12H2,1-4H3. The average Bonchev–Trinajstić information content (AvgIpc) is 2.72. The van der Waals surface area contributed by atoms with Crippen molar-refractivity contribution >= 4 is 10.9 Å². The topological polar surface area (TPSA) is 8.17 Å². The molecule has 2 nitrogen and oxygen atoms in total. The van der Waals surface area contributed by atoms with Crippen molar-refractivity contribution in [1.82, 2.24) is 9.47 Å². The van der Waals surface area contributed by atoms with Crippen LogP contribution in [0.25, 0.3) is 10.9 Å². The van der Waals surface area contributed by atoms with Crippen LogP contribution >= 0.6 is 0 Å². The number of para-hydroxylation sites is 1. The number of allylic oxidation sites excluding steroid dienone is 2. The third-order valence-electron chi connectivity index (χ3n) is 3.40. The zero-order valence-corrected chi connectivity index (χ0v) is 12.5. The van der Waals surface area contributed by atoms with E-state index in [2.05, 4.69) is 73.9 Å². The highest BCUT2D eigenvalue weighted by Gasteiger charge is 2.07. The van der Waals surface area contributed by atoms with E-state index in [4.69, 9.17) is 0 Å². The van der Waals surface area contributed by atoms with Gasteiger partial charge in [-0.2, -0.15) is 0 Å². The van der Waals surface area contributed by atoms with E-state index in [0.717, 1.165) is 19.5 Å². The van der Waals surface area contributed by atoms with Crippen molar-refractivity contribution in [3.05, 3.63) is 47.7 Å². The fourth-order valence-corrected chi connectivity index (χ4v) is 2.30. The number of benzene rings is 1. The molecule has 19 heavy (non-hydrogen) atoms. The highest BCUT2D eigenvalue weighted by molar-refractivity contribution is 5.84. The first-order valence-corrected chi connectivity index (χ1v) is 6.93. The third kappa shape index (κ3) is 3.48. The monoisotopic (exact) mass is 256 g/mol. The van der Waals surface area contributed by atoms with Crippen LogP contribution in [0.5, 0.6) is 0 Å². The summed E-state index contributed by atoms with van der Waals surface area (Å²) in [6.07, 6.45) is 5.70. The van der Waals surface area contributed by atoms with Gasteiger partial charge in [0.25, 0.3) is 0 Å². The first-order chi connectivity index (χ1) is 9.08. The Kier molecular flexibility index (Phi) is 4.43. The molecule has 0 radical (unpaired) electrons. The molecule has 0 fully saturated rings. The lowest BCUT2D eigenvalue weighted by Crippen LogP contribution is -2.14. The summed E-state index contributed by atoms with van der Waals surface area (Å²) >= 11 is 0. The van der Waals surface area contributed by atoms with Crippen LogP contribution in [-0.4, -0.2) is 30.1 Å². The molecule has 2 rings (SSSR count). The van der Waals surface area contributed by atoms with E-state index in [0.29, 0.717) is 0 Å². The first-order valence-electron chi connectivity index (χ1n) is 6.93. The number of fused-ring (bicyclic) bond motifs is 1. The molecule has 2 aromatic rings. The van der Waals surface area contributed by atoms with Gasteiger partial charge < -0.3 is 9.47 Å². The molecule has 0 aliphatic rings. The molecule has 1 heterocycles. The minimum absolute atomic E-state index is 0.963. The highest BCUT2D eigenvalue weighted by Crippen LogP contribution is 2.22. The molecule has 1 aromatic carbocycles. The van der Waals surface area contributed by atoms with Crippen molar-refractivity contribution in [3.63, 3.8) is 0 Å². The second-order valence-electron chi connectivity index (χ2n) is 5.66. The van der Waals surface area contributed by atoms with Crippen LogP contribution in [0.1, 0.15) is 19.4 Å². The van der Waals surface area contributed by atoms with Gasteiger partial charge in [0.1, 0.15) is 0 Å². The first kappa shape index (κ1) is 13.9. The SMILES string of the molecule is CC(C)=CCn1cc(CCN(C)C)c2ccccc21. The number of aromatic nitrogens is 1. The summed E-state index contributed by atoms with van der Waals surface area (Å²) in [6.45, 7) is 6.36. The number of hydrogen-bond acceptors (Lipinski definition) is 1. The molecule has 2 heteroatoms. The van der Waals surface area contributed by atoms with Crippen molar-refractivity contribution in [2.45, 2.75) is 26.8 Å². The van der Waals surface area contributed by atoms with Crippen molar-refractivity contribution in [2.75, 3.05) is 20.6 Å². The number of hydrogen-bond donors (Lipinski definition) is 0. The summed E-state index contributed by atoms with van der Waals surface area (Å²) in [5.74, 6) is 0. The lowest BCUT2D eigenvalue weighted by atomic mass is 10.1. The van der Waals surface area contributed by atoms with E-state index in [1.165, 1.54) is 22.0 Å². The summed E-state index contributed by atoms with van der Waals surface area (Å²) in [4.78, 5) is 2.24. The molecule has 0 atom stereocenters. The van der Waals surface area contributed by atoms with E-state index >= 15 is 0 Å². The van der Waals surface area contributed by atoms with Crippen LogP contribution in [0, 0.1) is 0 Å². The van der Waals surface area contributed by atoms with Crippen molar-refractivity contribution in [1.29, 1.82) is 0 Å². The molecule has 0 spiro atoms. The van der Waals surface area contributed by atoms with E-state index in [9.17, 15) is 0 Å². The zero-order valence-electron chi connectivity index (χ0n) is 12.5. The quantitative estimate of drug-likeness (QED) is 0.740. The second-order valence-corrected chi connectivity index (χ2v) is 5.66. The van der Waals surface area contributed by atoms with Gasteiger partial charge in [0, 0.05) is 30.2 Å². The zero-order chi connectivity index (χ0) is 13.8. The summed E-state index contributed by atoms with van der Waals surface area (Å²) in [7, 11) is 4.25. The molecule has 0 N–H and O–H groups in total. The van der Waals surface area contributed by atoms with Crippen LogP contribution in [0.3, 0.4) is 0 Å². The fraction of sp³-hybridized carbons (Fsp3) is 0.412. The Morgan fingerprint density at radius 1 is 1.21 bits per heavy atom. The van der Waals surface area contributed by atoms with Gasteiger partial charge >= 0.3 is 0 Å². The maximum Gasteiger partial charge on any atom is 0.0486 e. The maximum absolute atomic E-state index is 2.35. The van der Waals surface area contributed by atoms with E-state index in [1.54, 1.807) is 0 Å². The Hall–Kier alpha value is -1.54. The average molecular weight is 256 g/mol. The van der Waals surface area contributed by atoms with Gasteiger partial charge in [0.15, 0.2) is 0 Å². The molecule has 0 unspecified atom stereocenters. The van der Waals surface area contributed by atoms with Gasteiger partial charge in [0.2, 0.25) is 0 Å². The summed E-state index contributed by atoms with van der Waals surface area (Å²) in [5.41, 5.74) is 4.16. The second kappa shape index (κ2) is 6.07. The Morgan fingerprint density at radius 3 is 2.63 bits per heavy atom. The molecule has 0 aliphatic carbocycles. The minimum atomic E-state index is 0.963. The molecular formula is C17H24N2. The number of nitrogens with zero attached hydrogens (tertiary/aromatic N) is 2. The van der Waals surface area contributed by atoms with Crippen molar-refractivity contribution < 1.29 is 0 Å². The fourth-order valence-electron chi connectivity index (χ4n) is 2.30. The number of likely N-dealkylation sites (N-methyl/N-ethyl adjacent to an activating group) is 1. The van der Waals surface area contributed by atoms with E-state index < -0.39 is 0 Å². The molecule has 0 saturated carbocycles. The van der Waals surface area contributed by atoms with Crippen LogP contribution in [0.15, 0.2) is 42.1 Å².